The van der Waals surface area contributed by atoms with Gasteiger partial charge >= 0.3 is 5.97 Å². The van der Waals surface area contributed by atoms with Gasteiger partial charge in [-0.25, -0.2) is 5.53 Å². The van der Waals surface area contributed by atoms with Crippen LogP contribution in [-0.4, -0.2) is 17.6 Å². The van der Waals surface area contributed by atoms with E-state index in [4.69, 9.17) is 10.6 Å². The van der Waals surface area contributed by atoms with Crippen LogP contribution in [0.3, 0.4) is 0 Å². The van der Waals surface area contributed by atoms with E-state index in [-0.39, 0.29) is 12.5 Å². The van der Waals surface area contributed by atoms with Gasteiger partial charge in [0, 0.05) is 6.20 Å². The lowest BCUT2D eigenvalue weighted by molar-refractivity contribution is -0.135. The molecule has 0 spiro atoms. The molecule has 0 aliphatic carbocycles. The fourth-order valence-corrected chi connectivity index (χ4v) is 0.571. The standard InChI is InChI=1S/C7H13N3O2/c1-5(2)6(10-8)3-9-4-7(11)12/h3,5,8-9H,4H2,1-2H3,(H,11,12)/b6-3-,10-8?. The van der Waals surface area contributed by atoms with Crippen LogP contribution in [0.4, 0.5) is 0 Å². The molecular formula is C7H13N3O2. The molecule has 0 saturated heterocycles. The summed E-state index contributed by atoms with van der Waals surface area (Å²) in [7, 11) is 0. The second kappa shape index (κ2) is 5.29. The van der Waals surface area contributed by atoms with Gasteiger partial charge < -0.3 is 10.4 Å². The zero-order valence-electron chi connectivity index (χ0n) is 7.16. The van der Waals surface area contributed by atoms with Gasteiger partial charge in [-0.2, -0.15) is 5.11 Å². The molecule has 0 aliphatic rings. The summed E-state index contributed by atoms with van der Waals surface area (Å²) in [6.07, 6.45) is 1.45. The fraction of sp³-hybridized carbons (Fsp3) is 0.571. The number of rotatable bonds is 5. The lowest BCUT2D eigenvalue weighted by Gasteiger charge is -2.03. The summed E-state index contributed by atoms with van der Waals surface area (Å²) >= 11 is 0. The molecule has 68 valence electrons. The monoisotopic (exact) mass is 171 g/mol. The molecule has 0 aromatic rings. The van der Waals surface area contributed by atoms with Crippen molar-refractivity contribution >= 4 is 5.97 Å². The number of aliphatic carboxylic acids is 1. The highest BCUT2D eigenvalue weighted by Gasteiger charge is 2.00. The highest BCUT2D eigenvalue weighted by molar-refractivity contribution is 5.69. The van der Waals surface area contributed by atoms with Crippen molar-refractivity contribution in [3.8, 4) is 0 Å². The molecule has 0 unspecified atom stereocenters. The summed E-state index contributed by atoms with van der Waals surface area (Å²) in [6.45, 7) is 3.62. The first-order chi connectivity index (χ1) is 5.57. The molecule has 0 heterocycles. The van der Waals surface area contributed by atoms with Crippen molar-refractivity contribution in [2.45, 2.75) is 13.8 Å². The molecule has 0 amide bonds. The number of hydrogen-bond donors (Lipinski definition) is 3. The lowest BCUT2D eigenvalue weighted by Crippen LogP contribution is -2.17. The van der Waals surface area contributed by atoms with E-state index in [9.17, 15) is 4.79 Å². The van der Waals surface area contributed by atoms with Crippen LogP contribution >= 0.6 is 0 Å². The van der Waals surface area contributed by atoms with Gasteiger partial charge in [0.25, 0.3) is 0 Å². The number of hydrogen-bond acceptors (Lipinski definition) is 4. The van der Waals surface area contributed by atoms with Crippen molar-refractivity contribution in [1.82, 2.24) is 5.32 Å². The molecule has 0 aromatic heterocycles. The zero-order valence-corrected chi connectivity index (χ0v) is 7.16. The molecule has 12 heavy (non-hydrogen) atoms. The van der Waals surface area contributed by atoms with Crippen molar-refractivity contribution in [2.24, 2.45) is 11.0 Å². The molecule has 0 rings (SSSR count). The second-order valence-electron chi connectivity index (χ2n) is 2.61. The average Bonchev–Trinajstić information content (AvgIpc) is 1.96. The molecule has 3 N–H and O–H groups in total. The van der Waals surface area contributed by atoms with Gasteiger partial charge in [0.05, 0.1) is 5.70 Å². The first-order valence-corrected chi connectivity index (χ1v) is 3.60. The van der Waals surface area contributed by atoms with Crippen LogP contribution in [0.2, 0.25) is 0 Å². The Hall–Kier alpha value is -1.39. The van der Waals surface area contributed by atoms with Crippen LogP contribution < -0.4 is 5.32 Å². The van der Waals surface area contributed by atoms with Gasteiger partial charge in [-0.05, 0) is 5.92 Å². The van der Waals surface area contributed by atoms with Crippen molar-refractivity contribution in [3.05, 3.63) is 11.9 Å². The molecule has 0 saturated carbocycles. The Morgan fingerprint density at radius 2 is 2.33 bits per heavy atom. The number of nitrogens with one attached hydrogen (secondary N) is 2. The van der Waals surface area contributed by atoms with Gasteiger partial charge in [0.15, 0.2) is 0 Å². The van der Waals surface area contributed by atoms with Crippen LogP contribution in [0.15, 0.2) is 17.0 Å². The highest BCUT2D eigenvalue weighted by atomic mass is 16.4. The Bertz CT molecular complexity index is 199. The quantitative estimate of drug-likeness (QED) is 0.543. The maximum atomic E-state index is 10.1. The topological polar surface area (TPSA) is 85.5 Å². The molecule has 5 heteroatoms. The Morgan fingerprint density at radius 1 is 1.75 bits per heavy atom. The number of carboxylic acids is 1. The lowest BCUT2D eigenvalue weighted by atomic mass is 10.1. The third kappa shape index (κ3) is 4.43. The van der Waals surface area contributed by atoms with Crippen LogP contribution in [0.5, 0.6) is 0 Å². The van der Waals surface area contributed by atoms with E-state index in [1.807, 2.05) is 13.8 Å². The third-order valence-electron chi connectivity index (χ3n) is 1.22. The molecule has 0 radical (unpaired) electrons. The first kappa shape index (κ1) is 10.6. The molecular weight excluding hydrogens is 158 g/mol. The van der Waals surface area contributed by atoms with Crippen LogP contribution in [0.1, 0.15) is 13.8 Å². The minimum absolute atomic E-state index is 0.129. The summed E-state index contributed by atoms with van der Waals surface area (Å²) in [6, 6.07) is 0. The number of allylic oxidation sites excluding steroid dienone is 1. The molecule has 0 aliphatic heterocycles. The van der Waals surface area contributed by atoms with Crippen molar-refractivity contribution in [2.75, 3.05) is 6.54 Å². The van der Waals surface area contributed by atoms with E-state index in [2.05, 4.69) is 10.4 Å². The fourth-order valence-electron chi connectivity index (χ4n) is 0.571. The van der Waals surface area contributed by atoms with Crippen LogP contribution in [0.25, 0.3) is 0 Å². The predicted molar refractivity (Wildman–Crippen MR) is 43.7 cm³/mol. The smallest absolute Gasteiger partial charge is 0.322 e. The van der Waals surface area contributed by atoms with Crippen LogP contribution in [0, 0.1) is 11.4 Å². The highest BCUT2D eigenvalue weighted by Crippen LogP contribution is 2.08. The molecule has 0 atom stereocenters. The summed E-state index contributed by atoms with van der Waals surface area (Å²) in [4.78, 5) is 10.1. The summed E-state index contributed by atoms with van der Waals surface area (Å²) in [5.41, 5.74) is 7.28. The van der Waals surface area contributed by atoms with E-state index in [0.29, 0.717) is 5.70 Å². The molecule has 0 bridgehead atoms. The predicted octanol–water partition coefficient (Wildman–Crippen LogP) is 1.19. The van der Waals surface area contributed by atoms with Crippen molar-refractivity contribution in [1.29, 1.82) is 5.53 Å². The second-order valence-corrected chi connectivity index (χ2v) is 2.61. The van der Waals surface area contributed by atoms with Crippen LogP contribution in [-0.2, 0) is 4.79 Å². The van der Waals surface area contributed by atoms with Crippen molar-refractivity contribution < 1.29 is 9.90 Å². The first-order valence-electron chi connectivity index (χ1n) is 3.60. The Labute approximate surface area is 71.0 Å². The summed E-state index contributed by atoms with van der Waals surface area (Å²) < 4.78 is 0. The van der Waals surface area contributed by atoms with Gasteiger partial charge in [-0.3, -0.25) is 4.79 Å². The van der Waals surface area contributed by atoms with Gasteiger partial charge in [-0.1, -0.05) is 13.8 Å². The van der Waals surface area contributed by atoms with Crippen molar-refractivity contribution in [3.63, 3.8) is 0 Å². The van der Waals surface area contributed by atoms with Gasteiger partial charge in [0.2, 0.25) is 0 Å². The average molecular weight is 171 g/mol. The maximum absolute atomic E-state index is 10.1. The third-order valence-corrected chi connectivity index (χ3v) is 1.22. The Balaban J connectivity index is 3.95. The molecule has 5 nitrogen and oxygen atoms in total. The Morgan fingerprint density at radius 3 is 2.67 bits per heavy atom. The maximum Gasteiger partial charge on any atom is 0.322 e. The Kier molecular flexibility index (Phi) is 4.67. The van der Waals surface area contributed by atoms with E-state index in [1.54, 1.807) is 0 Å². The normalized spacial score (nSPS) is 11.4. The van der Waals surface area contributed by atoms with E-state index >= 15 is 0 Å². The number of carbonyl (C=O) groups is 1. The van der Waals surface area contributed by atoms with E-state index in [0.717, 1.165) is 0 Å². The number of nitrogens with zero attached hydrogens (tertiary/aromatic N) is 1. The zero-order chi connectivity index (χ0) is 9.56. The van der Waals surface area contributed by atoms with E-state index < -0.39 is 5.97 Å². The minimum atomic E-state index is -0.931. The largest absolute Gasteiger partial charge is 0.480 e. The number of carboxylic acid groups (broad SMARTS) is 1. The van der Waals surface area contributed by atoms with E-state index in [1.165, 1.54) is 6.20 Å². The molecule has 0 aromatic carbocycles. The SMILES string of the molecule is CC(C)/C(=C/NCC(=O)O)N=N. The van der Waals surface area contributed by atoms with Gasteiger partial charge in [0.1, 0.15) is 6.54 Å². The molecule has 0 fully saturated rings. The minimum Gasteiger partial charge on any atom is -0.480 e. The summed E-state index contributed by atoms with van der Waals surface area (Å²) in [5, 5.41) is 14.1. The van der Waals surface area contributed by atoms with Gasteiger partial charge in [-0.15, -0.1) is 0 Å². The summed E-state index contributed by atoms with van der Waals surface area (Å²) in [5.74, 6) is -0.803.